The highest BCUT2D eigenvalue weighted by Gasteiger charge is 2.12. The molecular weight excluding hydrogens is 391 g/mol. The Balaban J connectivity index is 2.04. The predicted molar refractivity (Wildman–Crippen MR) is 97.3 cm³/mol. The average Bonchev–Trinajstić information content (AvgIpc) is 2.55. The molecule has 3 aromatic rings. The Labute approximate surface area is 155 Å². The average molecular weight is 398 g/mol. The SMILES string of the molecule is O=c1oc(C=Cc2ccc(Cl)c([N+](=O)[O-])c2)nc2c(Cl)cc(Cl)cc12. The first-order valence-electron chi connectivity index (χ1n) is 6.77. The molecule has 0 radical (unpaired) electrons. The Morgan fingerprint density at radius 2 is 1.84 bits per heavy atom. The van der Waals surface area contributed by atoms with Crippen molar-refractivity contribution in [2.45, 2.75) is 0 Å². The number of benzene rings is 2. The lowest BCUT2D eigenvalue weighted by Gasteiger charge is -2.01. The minimum atomic E-state index is -0.642. The molecule has 126 valence electrons. The summed E-state index contributed by atoms with van der Waals surface area (Å²) in [4.78, 5) is 26.5. The van der Waals surface area contributed by atoms with Crippen LogP contribution in [0.4, 0.5) is 5.69 Å². The topological polar surface area (TPSA) is 86.2 Å². The third-order valence-corrected chi connectivity index (χ3v) is 4.08. The van der Waals surface area contributed by atoms with E-state index >= 15 is 0 Å². The Bertz CT molecular complexity index is 1090. The van der Waals surface area contributed by atoms with Gasteiger partial charge in [-0.15, -0.1) is 0 Å². The van der Waals surface area contributed by atoms with Gasteiger partial charge < -0.3 is 4.42 Å². The van der Waals surface area contributed by atoms with Crippen LogP contribution in [0.5, 0.6) is 0 Å². The van der Waals surface area contributed by atoms with Gasteiger partial charge in [-0.2, -0.15) is 0 Å². The van der Waals surface area contributed by atoms with Crippen molar-refractivity contribution in [3.05, 3.63) is 77.4 Å². The van der Waals surface area contributed by atoms with Crippen molar-refractivity contribution < 1.29 is 9.34 Å². The summed E-state index contributed by atoms with van der Waals surface area (Å²) in [6, 6.07) is 7.16. The summed E-state index contributed by atoms with van der Waals surface area (Å²) in [7, 11) is 0. The van der Waals surface area contributed by atoms with Crippen LogP contribution in [-0.4, -0.2) is 9.91 Å². The first kappa shape index (κ1) is 17.4. The highest BCUT2D eigenvalue weighted by molar-refractivity contribution is 6.38. The maximum absolute atomic E-state index is 12.0. The van der Waals surface area contributed by atoms with E-state index in [0.29, 0.717) is 10.6 Å². The predicted octanol–water partition coefficient (Wildman–Crippen LogP) is 5.23. The fourth-order valence-corrected chi connectivity index (χ4v) is 2.85. The minimum absolute atomic E-state index is 0.000625. The molecule has 0 unspecified atom stereocenters. The van der Waals surface area contributed by atoms with E-state index in [1.54, 1.807) is 6.07 Å². The van der Waals surface area contributed by atoms with Crippen LogP contribution in [0.1, 0.15) is 11.5 Å². The van der Waals surface area contributed by atoms with Crippen molar-refractivity contribution in [2.75, 3.05) is 0 Å². The Morgan fingerprint density at radius 1 is 1.08 bits per heavy atom. The number of hydrogen-bond acceptors (Lipinski definition) is 5. The molecule has 0 saturated carbocycles. The van der Waals surface area contributed by atoms with Gasteiger partial charge in [0.2, 0.25) is 5.89 Å². The number of rotatable bonds is 3. The van der Waals surface area contributed by atoms with E-state index < -0.39 is 10.5 Å². The van der Waals surface area contributed by atoms with Crippen LogP contribution in [0.15, 0.2) is 39.5 Å². The van der Waals surface area contributed by atoms with Gasteiger partial charge in [0.05, 0.1) is 15.3 Å². The van der Waals surface area contributed by atoms with Gasteiger partial charge in [-0.05, 0) is 29.8 Å². The van der Waals surface area contributed by atoms with E-state index in [1.165, 1.54) is 36.4 Å². The van der Waals surface area contributed by atoms with Crippen molar-refractivity contribution in [1.29, 1.82) is 0 Å². The summed E-state index contributed by atoms with van der Waals surface area (Å²) in [5.74, 6) is -0.000625. The molecule has 2 aromatic carbocycles. The number of nitro benzene ring substituents is 1. The first-order chi connectivity index (χ1) is 11.8. The number of aromatic nitrogens is 1. The lowest BCUT2D eigenvalue weighted by Crippen LogP contribution is -2.03. The molecule has 0 atom stereocenters. The molecule has 25 heavy (non-hydrogen) atoms. The van der Waals surface area contributed by atoms with Crippen LogP contribution in [0.3, 0.4) is 0 Å². The van der Waals surface area contributed by atoms with Crippen molar-refractivity contribution in [2.24, 2.45) is 0 Å². The highest BCUT2D eigenvalue weighted by Crippen LogP contribution is 2.27. The lowest BCUT2D eigenvalue weighted by molar-refractivity contribution is -0.384. The van der Waals surface area contributed by atoms with Crippen molar-refractivity contribution in [3.8, 4) is 0 Å². The molecule has 0 aliphatic carbocycles. The van der Waals surface area contributed by atoms with Gasteiger partial charge in [0.1, 0.15) is 10.5 Å². The number of nitrogens with zero attached hydrogens (tertiary/aromatic N) is 2. The quantitative estimate of drug-likeness (QED) is 0.446. The molecule has 0 N–H and O–H groups in total. The summed E-state index contributed by atoms with van der Waals surface area (Å²) >= 11 is 17.7. The number of fused-ring (bicyclic) bond motifs is 1. The monoisotopic (exact) mass is 396 g/mol. The van der Waals surface area contributed by atoms with Crippen LogP contribution in [-0.2, 0) is 0 Å². The normalized spacial score (nSPS) is 11.3. The molecule has 0 saturated heterocycles. The van der Waals surface area contributed by atoms with Crippen molar-refractivity contribution in [3.63, 3.8) is 0 Å². The van der Waals surface area contributed by atoms with Crippen molar-refractivity contribution >= 4 is 63.5 Å². The second-order valence-electron chi connectivity index (χ2n) is 4.92. The van der Waals surface area contributed by atoms with E-state index in [0.717, 1.165) is 0 Å². The van der Waals surface area contributed by atoms with Crippen LogP contribution in [0, 0.1) is 10.1 Å². The lowest BCUT2D eigenvalue weighted by atomic mass is 10.2. The zero-order valence-corrected chi connectivity index (χ0v) is 14.5. The first-order valence-corrected chi connectivity index (χ1v) is 7.90. The zero-order valence-electron chi connectivity index (χ0n) is 12.2. The largest absolute Gasteiger partial charge is 0.404 e. The maximum atomic E-state index is 12.0. The molecule has 0 aliphatic rings. The molecule has 0 amide bonds. The third-order valence-electron chi connectivity index (χ3n) is 3.25. The molecule has 6 nitrogen and oxygen atoms in total. The van der Waals surface area contributed by atoms with E-state index in [4.69, 9.17) is 39.2 Å². The second-order valence-corrected chi connectivity index (χ2v) is 6.18. The standard InChI is InChI=1S/C16H7Cl3N2O4/c17-9-6-10-15(12(19)7-9)20-14(25-16(10)22)4-2-8-1-3-11(18)13(5-8)21(23)24/h1-7H. The number of hydrogen-bond donors (Lipinski definition) is 0. The fraction of sp³-hybridized carbons (Fsp3) is 0. The maximum Gasteiger partial charge on any atom is 0.347 e. The van der Waals surface area contributed by atoms with Gasteiger partial charge in [0.25, 0.3) is 5.69 Å². The Hall–Kier alpha value is -2.41. The Kier molecular flexibility index (Phi) is 4.76. The number of nitro groups is 1. The smallest absolute Gasteiger partial charge is 0.347 e. The van der Waals surface area contributed by atoms with Crippen molar-refractivity contribution in [1.82, 2.24) is 4.98 Å². The van der Waals surface area contributed by atoms with E-state index in [9.17, 15) is 14.9 Å². The van der Waals surface area contributed by atoms with E-state index in [2.05, 4.69) is 4.98 Å². The summed E-state index contributed by atoms with van der Waals surface area (Å²) in [6.07, 6.45) is 2.91. The third kappa shape index (κ3) is 3.66. The fourth-order valence-electron chi connectivity index (χ4n) is 2.13. The van der Waals surface area contributed by atoms with Crippen LogP contribution < -0.4 is 5.63 Å². The second kappa shape index (κ2) is 6.84. The van der Waals surface area contributed by atoms with Gasteiger partial charge in [-0.1, -0.05) is 40.9 Å². The highest BCUT2D eigenvalue weighted by atomic mass is 35.5. The van der Waals surface area contributed by atoms with Crippen LogP contribution >= 0.6 is 34.8 Å². The van der Waals surface area contributed by atoms with Crippen LogP contribution in [0.2, 0.25) is 15.1 Å². The van der Waals surface area contributed by atoms with E-state index in [-0.39, 0.29) is 32.5 Å². The minimum Gasteiger partial charge on any atom is -0.404 e. The molecule has 0 bridgehead atoms. The molecule has 9 heteroatoms. The van der Waals surface area contributed by atoms with Gasteiger partial charge in [-0.25, -0.2) is 9.78 Å². The zero-order chi connectivity index (χ0) is 18.1. The van der Waals surface area contributed by atoms with Gasteiger partial charge in [0.15, 0.2) is 0 Å². The molecule has 0 fully saturated rings. The number of halogens is 3. The molecule has 3 rings (SSSR count). The molecule has 0 aliphatic heterocycles. The van der Waals surface area contributed by atoms with Gasteiger partial charge >= 0.3 is 5.63 Å². The van der Waals surface area contributed by atoms with Gasteiger partial charge in [-0.3, -0.25) is 10.1 Å². The summed E-state index contributed by atoms with van der Waals surface area (Å²) in [6.45, 7) is 0. The van der Waals surface area contributed by atoms with Gasteiger partial charge in [0, 0.05) is 17.2 Å². The summed E-state index contributed by atoms with van der Waals surface area (Å²) in [5, 5.41) is 11.6. The summed E-state index contributed by atoms with van der Waals surface area (Å²) in [5.41, 5.74) is -0.127. The molecule has 1 aromatic heterocycles. The van der Waals surface area contributed by atoms with Crippen LogP contribution in [0.25, 0.3) is 23.1 Å². The summed E-state index contributed by atoms with van der Waals surface area (Å²) < 4.78 is 5.09. The Morgan fingerprint density at radius 3 is 2.56 bits per heavy atom. The molecule has 1 heterocycles. The van der Waals surface area contributed by atoms with E-state index in [1.807, 2.05) is 0 Å². The molecular formula is C16H7Cl3N2O4. The molecule has 0 spiro atoms.